The van der Waals surface area contributed by atoms with Crippen LogP contribution in [0.1, 0.15) is 36.7 Å². The zero-order valence-electron chi connectivity index (χ0n) is 13.2. The van der Waals surface area contributed by atoms with Crippen LogP contribution in [0.5, 0.6) is 0 Å². The van der Waals surface area contributed by atoms with Crippen LogP contribution in [-0.2, 0) is 0 Å². The maximum absolute atomic E-state index is 13.8. The highest BCUT2D eigenvalue weighted by molar-refractivity contribution is 6.00. The Morgan fingerprint density at radius 3 is 2.09 bits per heavy atom. The lowest BCUT2D eigenvalue weighted by Crippen LogP contribution is -2.09. The van der Waals surface area contributed by atoms with Gasteiger partial charge in [0.05, 0.1) is 16.9 Å². The molecule has 0 amide bonds. The summed E-state index contributed by atoms with van der Waals surface area (Å²) in [7, 11) is 0. The van der Waals surface area contributed by atoms with Gasteiger partial charge in [-0.3, -0.25) is 4.79 Å². The number of carbonyl (C=O) groups is 1. The molecule has 0 saturated heterocycles. The van der Waals surface area contributed by atoms with E-state index in [1.807, 2.05) is 13.8 Å². The van der Waals surface area contributed by atoms with Crippen molar-refractivity contribution in [3.8, 4) is 0 Å². The quantitative estimate of drug-likeness (QED) is 0.456. The molecule has 0 spiro atoms. The van der Waals surface area contributed by atoms with E-state index in [0.717, 1.165) is 6.92 Å². The predicted molar refractivity (Wildman–Crippen MR) is 82.1 cm³/mol. The molecule has 0 heterocycles. The number of anilines is 2. The molecule has 6 heteroatoms. The van der Waals surface area contributed by atoms with Crippen molar-refractivity contribution < 1.29 is 22.4 Å². The third kappa shape index (κ3) is 4.09. The van der Waals surface area contributed by atoms with Crippen molar-refractivity contribution >= 4 is 17.2 Å². The number of halogens is 4. The van der Waals surface area contributed by atoms with Crippen molar-refractivity contribution in [2.75, 3.05) is 5.32 Å². The second-order valence-electron chi connectivity index (χ2n) is 4.57. The van der Waals surface area contributed by atoms with Gasteiger partial charge < -0.3 is 5.32 Å². The molecule has 23 heavy (non-hydrogen) atoms. The minimum atomic E-state index is -1.47. The van der Waals surface area contributed by atoms with E-state index in [4.69, 9.17) is 0 Å². The summed E-state index contributed by atoms with van der Waals surface area (Å²) >= 11 is 0. The summed E-state index contributed by atoms with van der Waals surface area (Å²) in [6, 6.07) is 4.27. The maximum atomic E-state index is 13.8. The zero-order chi connectivity index (χ0) is 17.7. The highest BCUT2D eigenvalue weighted by atomic mass is 19.2. The summed E-state index contributed by atoms with van der Waals surface area (Å²) in [5.74, 6) is -5.65. The molecule has 0 aliphatic carbocycles. The van der Waals surface area contributed by atoms with Gasteiger partial charge in [-0.05, 0) is 31.5 Å². The van der Waals surface area contributed by atoms with Gasteiger partial charge in [0, 0.05) is 6.07 Å². The first-order valence-corrected chi connectivity index (χ1v) is 7.03. The average Bonchev–Trinajstić information content (AvgIpc) is 2.48. The number of nitrogens with one attached hydrogen (secondary N) is 1. The molecule has 124 valence electrons. The topological polar surface area (TPSA) is 29.1 Å². The van der Waals surface area contributed by atoms with Gasteiger partial charge in [-0.15, -0.1) is 0 Å². The van der Waals surface area contributed by atoms with Crippen LogP contribution in [0.15, 0.2) is 24.3 Å². The van der Waals surface area contributed by atoms with Crippen molar-refractivity contribution in [3.05, 3.63) is 58.7 Å². The van der Waals surface area contributed by atoms with Gasteiger partial charge in [-0.25, -0.2) is 17.6 Å². The first-order valence-electron chi connectivity index (χ1n) is 7.03. The number of carbonyl (C=O) groups excluding carboxylic acids is 1. The Labute approximate surface area is 132 Å². The number of aryl methyl sites for hydroxylation is 1. The van der Waals surface area contributed by atoms with Crippen LogP contribution in [0.4, 0.5) is 28.9 Å². The number of rotatable bonds is 3. The van der Waals surface area contributed by atoms with Gasteiger partial charge in [0.1, 0.15) is 11.6 Å². The highest BCUT2D eigenvalue weighted by Gasteiger charge is 2.22. The second-order valence-corrected chi connectivity index (χ2v) is 4.57. The van der Waals surface area contributed by atoms with E-state index < -0.39 is 40.3 Å². The summed E-state index contributed by atoms with van der Waals surface area (Å²) in [5.41, 5.74) is -0.945. The zero-order valence-corrected chi connectivity index (χ0v) is 13.2. The third-order valence-electron chi connectivity index (χ3n) is 2.91. The van der Waals surface area contributed by atoms with E-state index in [-0.39, 0.29) is 11.8 Å². The molecule has 0 bridgehead atoms. The van der Waals surface area contributed by atoms with E-state index in [9.17, 15) is 22.4 Å². The van der Waals surface area contributed by atoms with Gasteiger partial charge in [0.15, 0.2) is 17.4 Å². The van der Waals surface area contributed by atoms with Crippen molar-refractivity contribution in [1.82, 2.24) is 0 Å². The molecule has 0 atom stereocenters. The van der Waals surface area contributed by atoms with E-state index in [0.29, 0.717) is 5.56 Å². The molecule has 1 N–H and O–H groups in total. The summed E-state index contributed by atoms with van der Waals surface area (Å²) in [4.78, 5) is 11.4. The molecule has 0 aromatic heterocycles. The predicted octanol–water partition coefficient (Wildman–Crippen LogP) is 5.52. The molecule has 0 aliphatic heterocycles. The molecule has 2 rings (SSSR count). The first kappa shape index (κ1) is 18.7. The average molecular weight is 327 g/mol. The van der Waals surface area contributed by atoms with Crippen molar-refractivity contribution in [2.24, 2.45) is 0 Å². The number of hydrogen-bond donors (Lipinski definition) is 1. The largest absolute Gasteiger partial charge is 0.350 e. The molecule has 2 aromatic rings. The fraction of sp³-hybridized carbons (Fsp3) is 0.235. The molecular formula is C17H17F4NO. The lowest BCUT2D eigenvalue weighted by atomic mass is 10.1. The Bertz CT molecular complexity index is 729. The third-order valence-corrected chi connectivity index (χ3v) is 2.91. The van der Waals surface area contributed by atoms with Crippen LogP contribution in [0.3, 0.4) is 0 Å². The van der Waals surface area contributed by atoms with E-state index in [1.165, 1.54) is 18.2 Å². The summed E-state index contributed by atoms with van der Waals surface area (Å²) < 4.78 is 54.5. The lowest BCUT2D eigenvalue weighted by molar-refractivity contribution is 0.101. The highest BCUT2D eigenvalue weighted by Crippen LogP contribution is 2.30. The standard InChI is InChI=1S/C15H11F4NO.C2H6/c1-7-3-4-12(9(16)5-7)20-15-13(8(2)21)10(17)6-11(18)14(15)19;1-2/h3-6,20H,1-2H3;1-2H3. The Balaban J connectivity index is 0.00000127. The lowest BCUT2D eigenvalue weighted by Gasteiger charge is -2.13. The van der Waals surface area contributed by atoms with Gasteiger partial charge in [0.25, 0.3) is 0 Å². The minimum Gasteiger partial charge on any atom is -0.350 e. The summed E-state index contributed by atoms with van der Waals surface area (Å²) in [6.07, 6.45) is 0. The fourth-order valence-corrected chi connectivity index (χ4v) is 1.91. The van der Waals surface area contributed by atoms with Crippen molar-refractivity contribution in [1.29, 1.82) is 0 Å². The smallest absolute Gasteiger partial charge is 0.183 e. The van der Waals surface area contributed by atoms with Crippen molar-refractivity contribution in [3.63, 3.8) is 0 Å². The van der Waals surface area contributed by atoms with Crippen molar-refractivity contribution in [2.45, 2.75) is 27.7 Å². The Morgan fingerprint density at radius 2 is 1.57 bits per heavy atom. The molecule has 0 saturated carbocycles. The molecular weight excluding hydrogens is 310 g/mol. The fourth-order valence-electron chi connectivity index (χ4n) is 1.91. The Hall–Kier alpha value is -2.37. The summed E-state index contributed by atoms with van der Waals surface area (Å²) in [6.45, 7) is 6.66. The molecule has 0 fully saturated rings. The Kier molecular flexibility index (Phi) is 6.30. The van der Waals surface area contributed by atoms with Crippen LogP contribution < -0.4 is 5.32 Å². The van der Waals surface area contributed by atoms with Gasteiger partial charge >= 0.3 is 0 Å². The Morgan fingerprint density at radius 1 is 0.957 bits per heavy atom. The van der Waals surface area contributed by atoms with Gasteiger partial charge in [-0.1, -0.05) is 19.9 Å². The minimum absolute atomic E-state index is 0.188. The maximum Gasteiger partial charge on any atom is 0.183 e. The number of hydrogen-bond acceptors (Lipinski definition) is 2. The van der Waals surface area contributed by atoms with Gasteiger partial charge in [0.2, 0.25) is 0 Å². The van der Waals surface area contributed by atoms with Crippen LogP contribution >= 0.6 is 0 Å². The monoisotopic (exact) mass is 327 g/mol. The molecule has 0 radical (unpaired) electrons. The van der Waals surface area contributed by atoms with Gasteiger partial charge in [-0.2, -0.15) is 0 Å². The SMILES string of the molecule is CC.CC(=O)c1c(F)cc(F)c(F)c1Nc1ccc(C)cc1F. The first-order chi connectivity index (χ1) is 10.8. The molecule has 0 unspecified atom stereocenters. The normalized spacial score (nSPS) is 9.91. The van der Waals surface area contributed by atoms with Crippen LogP contribution in [0, 0.1) is 30.2 Å². The van der Waals surface area contributed by atoms with Crippen LogP contribution in [-0.4, -0.2) is 5.78 Å². The molecule has 2 nitrogen and oxygen atoms in total. The summed E-state index contributed by atoms with van der Waals surface area (Å²) in [5, 5.41) is 2.25. The van der Waals surface area contributed by atoms with E-state index in [1.54, 1.807) is 6.92 Å². The van der Waals surface area contributed by atoms with Crippen LogP contribution in [0.25, 0.3) is 0 Å². The molecule has 2 aromatic carbocycles. The van der Waals surface area contributed by atoms with Crippen LogP contribution in [0.2, 0.25) is 0 Å². The number of ketones is 1. The second kappa shape index (κ2) is 7.76. The number of Topliss-reactive ketones (excluding diaryl/α,β-unsaturated/α-hetero) is 1. The molecule has 0 aliphatic rings. The number of benzene rings is 2. The van der Waals surface area contributed by atoms with E-state index in [2.05, 4.69) is 5.32 Å². The van der Waals surface area contributed by atoms with E-state index >= 15 is 0 Å².